The molecule has 1 fully saturated rings. The third kappa shape index (κ3) is 1.29. The average molecular weight is 227 g/mol. The molecule has 0 aliphatic heterocycles. The molecule has 2 aliphatic carbocycles. The molecule has 3 atom stereocenters. The summed E-state index contributed by atoms with van der Waals surface area (Å²) in [5.41, 5.74) is 1.43. The van der Waals surface area contributed by atoms with Crippen LogP contribution in [0.3, 0.4) is 0 Å². The highest BCUT2D eigenvalue weighted by Gasteiger charge is 2.51. The number of fused-ring (bicyclic) bond motifs is 3. The van der Waals surface area contributed by atoms with E-state index in [2.05, 4.69) is 5.32 Å². The SMILES string of the molecule is CN[C@H]1c2ccc(C(F)(F)F)cc2[C@@H]2C[C@@H]21. The van der Waals surface area contributed by atoms with Crippen LogP contribution in [0, 0.1) is 5.92 Å². The Kier molecular flexibility index (Phi) is 1.90. The zero-order valence-corrected chi connectivity index (χ0v) is 8.81. The highest BCUT2D eigenvalue weighted by atomic mass is 19.4. The summed E-state index contributed by atoms with van der Waals surface area (Å²) in [6.07, 6.45) is -3.20. The maximum Gasteiger partial charge on any atom is 0.416 e. The van der Waals surface area contributed by atoms with Gasteiger partial charge in [-0.1, -0.05) is 6.07 Å². The van der Waals surface area contributed by atoms with Gasteiger partial charge in [0.05, 0.1) is 5.56 Å². The Labute approximate surface area is 91.7 Å². The number of benzene rings is 1. The van der Waals surface area contributed by atoms with Crippen molar-refractivity contribution < 1.29 is 13.2 Å². The zero-order valence-electron chi connectivity index (χ0n) is 8.81. The molecule has 0 heterocycles. The van der Waals surface area contributed by atoms with Gasteiger partial charge in [-0.25, -0.2) is 0 Å². The van der Waals surface area contributed by atoms with Gasteiger partial charge in [0, 0.05) is 6.04 Å². The topological polar surface area (TPSA) is 12.0 Å². The molecule has 1 saturated carbocycles. The molecule has 1 nitrogen and oxygen atoms in total. The van der Waals surface area contributed by atoms with Crippen molar-refractivity contribution in [2.75, 3.05) is 7.05 Å². The molecular formula is C12H12F3N. The molecular weight excluding hydrogens is 215 g/mol. The highest BCUT2D eigenvalue weighted by molar-refractivity contribution is 5.47. The van der Waals surface area contributed by atoms with Crippen LogP contribution in [0.25, 0.3) is 0 Å². The van der Waals surface area contributed by atoms with Crippen molar-refractivity contribution in [2.45, 2.75) is 24.6 Å². The summed E-state index contributed by atoms with van der Waals surface area (Å²) >= 11 is 0. The summed E-state index contributed by atoms with van der Waals surface area (Å²) in [6.45, 7) is 0. The van der Waals surface area contributed by atoms with E-state index in [0.29, 0.717) is 11.8 Å². The van der Waals surface area contributed by atoms with Crippen LogP contribution in [0.15, 0.2) is 18.2 Å². The van der Waals surface area contributed by atoms with E-state index >= 15 is 0 Å². The molecule has 0 saturated heterocycles. The van der Waals surface area contributed by atoms with Crippen molar-refractivity contribution in [2.24, 2.45) is 5.92 Å². The van der Waals surface area contributed by atoms with Gasteiger partial charge in [0.15, 0.2) is 0 Å². The van der Waals surface area contributed by atoms with Crippen molar-refractivity contribution in [3.8, 4) is 0 Å². The van der Waals surface area contributed by atoms with Crippen LogP contribution in [0.2, 0.25) is 0 Å². The van der Waals surface area contributed by atoms with Crippen LogP contribution in [0.4, 0.5) is 13.2 Å². The predicted molar refractivity (Wildman–Crippen MR) is 54.1 cm³/mol. The average Bonchev–Trinajstić information content (AvgIpc) is 2.93. The van der Waals surface area contributed by atoms with Crippen molar-refractivity contribution in [1.29, 1.82) is 0 Å². The normalized spacial score (nSPS) is 31.1. The summed E-state index contributed by atoms with van der Waals surface area (Å²) in [7, 11) is 1.87. The minimum Gasteiger partial charge on any atom is -0.313 e. The number of hydrogen-bond donors (Lipinski definition) is 1. The van der Waals surface area contributed by atoms with Gasteiger partial charge in [0.2, 0.25) is 0 Å². The predicted octanol–water partition coefficient (Wildman–Crippen LogP) is 3.08. The Morgan fingerprint density at radius 2 is 2.00 bits per heavy atom. The van der Waals surface area contributed by atoms with Crippen LogP contribution in [-0.4, -0.2) is 7.05 Å². The standard InChI is InChI=1S/C12H12F3N/c1-16-11-7-3-2-6(12(13,14)15)4-8(7)9-5-10(9)11/h2-4,9-11,16H,5H2,1H3/t9-,10-,11-/m0/s1. The van der Waals surface area contributed by atoms with Gasteiger partial charge in [-0.15, -0.1) is 0 Å². The maximum absolute atomic E-state index is 12.6. The maximum atomic E-state index is 12.6. The third-order valence-corrected chi connectivity index (χ3v) is 3.73. The number of halogens is 3. The van der Waals surface area contributed by atoms with Crippen molar-refractivity contribution in [3.05, 3.63) is 34.9 Å². The summed E-state index contributed by atoms with van der Waals surface area (Å²) in [5, 5.41) is 3.19. The van der Waals surface area contributed by atoms with Gasteiger partial charge in [-0.05, 0) is 48.6 Å². The van der Waals surface area contributed by atoms with Gasteiger partial charge in [-0.3, -0.25) is 0 Å². The van der Waals surface area contributed by atoms with E-state index in [1.165, 1.54) is 12.1 Å². The first kappa shape index (κ1) is 10.1. The van der Waals surface area contributed by atoms with Crippen molar-refractivity contribution in [3.63, 3.8) is 0 Å². The van der Waals surface area contributed by atoms with Gasteiger partial charge in [0.25, 0.3) is 0 Å². The number of rotatable bonds is 1. The molecule has 3 rings (SSSR count). The first-order valence-corrected chi connectivity index (χ1v) is 5.40. The monoisotopic (exact) mass is 227 g/mol. The number of nitrogens with one attached hydrogen (secondary N) is 1. The second-order valence-corrected chi connectivity index (χ2v) is 4.61. The summed E-state index contributed by atoms with van der Waals surface area (Å²) in [4.78, 5) is 0. The van der Waals surface area contributed by atoms with Crippen LogP contribution in [0.5, 0.6) is 0 Å². The lowest BCUT2D eigenvalue weighted by atomic mass is 10.00. The lowest BCUT2D eigenvalue weighted by Crippen LogP contribution is -2.16. The molecule has 1 aromatic carbocycles. The summed E-state index contributed by atoms with van der Waals surface area (Å²) < 4.78 is 37.7. The molecule has 4 heteroatoms. The summed E-state index contributed by atoms with van der Waals surface area (Å²) in [5.74, 6) is 0.873. The van der Waals surface area contributed by atoms with Crippen LogP contribution < -0.4 is 5.32 Å². The van der Waals surface area contributed by atoms with Crippen molar-refractivity contribution >= 4 is 0 Å². The Balaban J connectivity index is 2.05. The first-order chi connectivity index (χ1) is 7.52. The van der Waals surface area contributed by atoms with E-state index in [0.717, 1.165) is 17.5 Å². The molecule has 0 unspecified atom stereocenters. The second kappa shape index (κ2) is 3.00. The smallest absolute Gasteiger partial charge is 0.313 e. The third-order valence-electron chi connectivity index (χ3n) is 3.73. The van der Waals surface area contributed by atoms with E-state index < -0.39 is 11.7 Å². The lowest BCUT2D eigenvalue weighted by molar-refractivity contribution is -0.137. The number of alkyl halides is 3. The summed E-state index contributed by atoms with van der Waals surface area (Å²) in [6, 6.07) is 4.40. The van der Waals surface area contributed by atoms with E-state index in [-0.39, 0.29) is 6.04 Å². The largest absolute Gasteiger partial charge is 0.416 e. The quantitative estimate of drug-likeness (QED) is 0.777. The molecule has 0 amide bonds. The molecule has 86 valence electrons. The second-order valence-electron chi connectivity index (χ2n) is 4.61. The number of hydrogen-bond acceptors (Lipinski definition) is 1. The van der Waals surface area contributed by atoms with Gasteiger partial charge < -0.3 is 5.32 Å². The Bertz CT molecular complexity index is 438. The molecule has 0 bridgehead atoms. The zero-order chi connectivity index (χ0) is 11.5. The molecule has 0 radical (unpaired) electrons. The Hall–Kier alpha value is -1.03. The Morgan fingerprint density at radius 3 is 2.62 bits per heavy atom. The van der Waals surface area contributed by atoms with E-state index in [1.54, 1.807) is 6.07 Å². The fourth-order valence-electron chi connectivity index (χ4n) is 2.90. The minimum atomic E-state index is -4.23. The van der Waals surface area contributed by atoms with E-state index in [1.807, 2.05) is 7.05 Å². The van der Waals surface area contributed by atoms with E-state index in [9.17, 15) is 13.2 Å². The van der Waals surface area contributed by atoms with Gasteiger partial charge in [-0.2, -0.15) is 13.2 Å². The van der Waals surface area contributed by atoms with Crippen LogP contribution in [0.1, 0.15) is 35.1 Å². The molecule has 1 aromatic rings. The molecule has 2 aliphatic rings. The van der Waals surface area contributed by atoms with E-state index in [4.69, 9.17) is 0 Å². The molecule has 1 N–H and O–H groups in total. The molecule has 0 aromatic heterocycles. The van der Waals surface area contributed by atoms with Gasteiger partial charge in [0.1, 0.15) is 0 Å². The molecule has 0 spiro atoms. The van der Waals surface area contributed by atoms with Crippen molar-refractivity contribution in [1.82, 2.24) is 5.32 Å². The Morgan fingerprint density at radius 1 is 1.25 bits per heavy atom. The van der Waals surface area contributed by atoms with Crippen LogP contribution >= 0.6 is 0 Å². The molecule has 16 heavy (non-hydrogen) atoms. The fraction of sp³-hybridized carbons (Fsp3) is 0.500. The van der Waals surface area contributed by atoms with Crippen LogP contribution in [-0.2, 0) is 6.18 Å². The highest BCUT2D eigenvalue weighted by Crippen LogP contribution is 2.61. The van der Waals surface area contributed by atoms with Gasteiger partial charge >= 0.3 is 6.18 Å². The fourth-order valence-corrected chi connectivity index (χ4v) is 2.90. The lowest BCUT2D eigenvalue weighted by Gasteiger charge is -2.15. The minimum absolute atomic E-state index is 0.252. The first-order valence-electron chi connectivity index (χ1n) is 5.40.